The van der Waals surface area contributed by atoms with Crippen LogP contribution in [-0.4, -0.2) is 73.6 Å². The van der Waals surface area contributed by atoms with E-state index in [9.17, 15) is 26.4 Å². The van der Waals surface area contributed by atoms with Crippen LogP contribution in [0, 0.1) is 5.82 Å². The Hall–Kier alpha value is -2.72. The predicted molar refractivity (Wildman–Crippen MR) is 115 cm³/mol. The molecule has 0 bridgehead atoms. The monoisotopic (exact) mass is 518 g/mol. The van der Waals surface area contributed by atoms with E-state index < -0.39 is 57.4 Å². The van der Waals surface area contributed by atoms with Gasteiger partial charge < -0.3 is 10.1 Å². The van der Waals surface area contributed by atoms with E-state index in [4.69, 9.17) is 4.74 Å². The average Bonchev–Trinajstić information content (AvgIpc) is 3.22. The molecule has 1 aromatic carbocycles. The summed E-state index contributed by atoms with van der Waals surface area (Å²) in [6.07, 6.45) is -2.57. The Labute approximate surface area is 198 Å². The summed E-state index contributed by atoms with van der Waals surface area (Å²) in [7, 11) is -2.84. The van der Waals surface area contributed by atoms with E-state index in [1.807, 2.05) is 0 Å². The number of anilines is 1. The van der Waals surface area contributed by atoms with Crippen LogP contribution in [0.3, 0.4) is 0 Å². The van der Waals surface area contributed by atoms with Crippen molar-refractivity contribution in [2.75, 3.05) is 39.0 Å². The van der Waals surface area contributed by atoms with E-state index in [0.29, 0.717) is 0 Å². The molecule has 3 N–H and O–H groups in total. The number of fused-ring (bicyclic) bond motifs is 1. The molecule has 1 aromatic heterocycles. The summed E-state index contributed by atoms with van der Waals surface area (Å²) in [5.41, 5.74) is -2.65. The van der Waals surface area contributed by atoms with Crippen LogP contribution in [0.25, 0.3) is 0 Å². The number of amides is 1. The number of hydrogen-bond donors (Lipinski definition) is 3. The van der Waals surface area contributed by atoms with Gasteiger partial charge in [-0.25, -0.2) is 31.0 Å². The lowest BCUT2D eigenvalue weighted by Gasteiger charge is -2.40. The van der Waals surface area contributed by atoms with Crippen molar-refractivity contribution in [2.45, 2.75) is 23.3 Å². The largest absolute Gasteiger partial charge is 0.372 e. The van der Waals surface area contributed by atoms with Crippen molar-refractivity contribution in [3.05, 3.63) is 53.4 Å². The Morgan fingerprint density at radius 2 is 2.11 bits per heavy atom. The number of aromatic nitrogens is 2. The molecule has 0 aliphatic carbocycles. The second-order valence-electron chi connectivity index (χ2n) is 8.08. The number of ether oxygens (including phenoxy) is 1. The molecule has 10 nitrogen and oxygen atoms in total. The van der Waals surface area contributed by atoms with Crippen LogP contribution >= 0.6 is 0 Å². The molecular formula is C20H22F4N6O4S. The van der Waals surface area contributed by atoms with Crippen LogP contribution in [0.2, 0.25) is 0 Å². The lowest BCUT2D eigenvalue weighted by atomic mass is 9.86. The average molecular weight is 518 g/mol. The number of nitrogens with zero attached hydrogens (tertiary/aromatic N) is 3. The van der Waals surface area contributed by atoms with Gasteiger partial charge in [-0.1, -0.05) is 0 Å². The van der Waals surface area contributed by atoms with E-state index >= 15 is 4.39 Å². The zero-order valence-electron chi connectivity index (χ0n) is 18.3. The van der Waals surface area contributed by atoms with Gasteiger partial charge in [0.15, 0.2) is 0 Å². The van der Waals surface area contributed by atoms with Crippen molar-refractivity contribution in [2.24, 2.45) is 0 Å². The lowest BCUT2D eigenvalue weighted by molar-refractivity contribution is 0.0817. The third kappa shape index (κ3) is 4.61. The van der Waals surface area contributed by atoms with Gasteiger partial charge in [-0.3, -0.25) is 20.4 Å². The van der Waals surface area contributed by atoms with E-state index in [0.717, 1.165) is 22.8 Å². The SMILES string of the molecule is CN1CNCNC2(c3cc(NC(=O)c4cnc(C(F)F)cn4)ccc3F)COC(CF)C2S1(=O)=O. The molecule has 2 fully saturated rings. The van der Waals surface area contributed by atoms with Gasteiger partial charge in [0.05, 0.1) is 31.2 Å². The number of halogens is 4. The fourth-order valence-electron chi connectivity index (χ4n) is 4.20. The molecule has 2 aromatic rings. The van der Waals surface area contributed by atoms with Gasteiger partial charge in [0, 0.05) is 25.0 Å². The van der Waals surface area contributed by atoms with Crippen LogP contribution in [0.4, 0.5) is 23.2 Å². The molecule has 0 spiro atoms. The number of alkyl halides is 3. The quantitative estimate of drug-likeness (QED) is 0.503. The maximum absolute atomic E-state index is 15.2. The van der Waals surface area contributed by atoms with E-state index in [1.165, 1.54) is 19.2 Å². The van der Waals surface area contributed by atoms with Gasteiger partial charge in [-0.05, 0) is 18.2 Å². The van der Waals surface area contributed by atoms with Crippen molar-refractivity contribution in [3.63, 3.8) is 0 Å². The molecule has 190 valence electrons. The highest BCUT2D eigenvalue weighted by atomic mass is 32.2. The number of benzene rings is 1. The van der Waals surface area contributed by atoms with Crippen LogP contribution in [0.1, 0.15) is 28.2 Å². The molecule has 35 heavy (non-hydrogen) atoms. The first-order chi connectivity index (χ1) is 16.6. The maximum Gasteiger partial charge on any atom is 0.281 e. The van der Waals surface area contributed by atoms with Crippen molar-refractivity contribution in [1.29, 1.82) is 0 Å². The molecule has 15 heteroatoms. The van der Waals surface area contributed by atoms with Gasteiger partial charge in [0.1, 0.15) is 35.2 Å². The standard InChI is InChI=1S/C20H22F4N6O4S/c1-30-10-25-9-28-20(8-34-16(5-21)17(20)35(30,32)33)12-4-11(2-3-13(12)22)29-19(31)15-7-26-14(6-27-15)18(23)24/h2-4,6-7,16-18,25,28H,5,8-10H2,1H3,(H,29,31). The number of rotatable bonds is 5. The van der Waals surface area contributed by atoms with Crippen molar-refractivity contribution in [1.82, 2.24) is 24.9 Å². The molecule has 3 atom stereocenters. The minimum atomic E-state index is -4.16. The first-order valence-corrected chi connectivity index (χ1v) is 11.9. The number of nitrogens with one attached hydrogen (secondary N) is 3. The van der Waals surface area contributed by atoms with Crippen LogP contribution < -0.4 is 16.0 Å². The highest BCUT2D eigenvalue weighted by molar-refractivity contribution is 7.89. The summed E-state index contributed by atoms with van der Waals surface area (Å²) in [4.78, 5) is 19.7. The molecule has 1 amide bonds. The maximum atomic E-state index is 15.2. The van der Waals surface area contributed by atoms with Crippen molar-refractivity contribution >= 4 is 21.6 Å². The molecule has 2 aliphatic rings. The molecular weight excluding hydrogens is 496 g/mol. The molecule has 2 saturated heterocycles. The molecule has 0 saturated carbocycles. The Bertz CT molecular complexity index is 1200. The van der Waals surface area contributed by atoms with Gasteiger partial charge in [-0.15, -0.1) is 0 Å². The minimum absolute atomic E-state index is 0.0507. The van der Waals surface area contributed by atoms with E-state index in [1.54, 1.807) is 0 Å². The Kier molecular flexibility index (Phi) is 7.06. The predicted octanol–water partition coefficient (Wildman–Crippen LogP) is 1.11. The highest BCUT2D eigenvalue weighted by Crippen LogP contribution is 2.42. The number of carbonyl (C=O) groups excluding carboxylic acids is 1. The van der Waals surface area contributed by atoms with Gasteiger partial charge in [-0.2, -0.15) is 4.31 Å². The number of hydrogen-bond acceptors (Lipinski definition) is 8. The molecule has 3 heterocycles. The second-order valence-corrected chi connectivity index (χ2v) is 10.2. The Balaban J connectivity index is 1.71. The summed E-state index contributed by atoms with van der Waals surface area (Å²) in [5, 5.41) is 6.79. The molecule has 4 rings (SSSR count). The minimum Gasteiger partial charge on any atom is -0.372 e. The normalized spacial score (nSPS) is 26.7. The fourth-order valence-corrected chi connectivity index (χ4v) is 6.18. The fraction of sp³-hybridized carbons (Fsp3) is 0.450. The molecule has 2 aliphatic heterocycles. The van der Waals surface area contributed by atoms with Crippen LogP contribution in [0.5, 0.6) is 0 Å². The topological polar surface area (TPSA) is 126 Å². The smallest absolute Gasteiger partial charge is 0.281 e. The summed E-state index contributed by atoms with van der Waals surface area (Å²) < 4.78 is 87.4. The van der Waals surface area contributed by atoms with Gasteiger partial charge in [0.2, 0.25) is 10.0 Å². The van der Waals surface area contributed by atoms with Crippen molar-refractivity contribution < 1.29 is 35.5 Å². The van der Waals surface area contributed by atoms with Gasteiger partial charge in [0.25, 0.3) is 12.3 Å². The Morgan fingerprint density at radius 1 is 1.34 bits per heavy atom. The zero-order valence-corrected chi connectivity index (χ0v) is 19.2. The van der Waals surface area contributed by atoms with E-state index in [2.05, 4.69) is 25.9 Å². The number of carbonyl (C=O) groups is 1. The summed E-state index contributed by atoms with van der Waals surface area (Å²) >= 11 is 0. The van der Waals surface area contributed by atoms with E-state index in [-0.39, 0.29) is 36.9 Å². The summed E-state index contributed by atoms with van der Waals surface area (Å²) in [6.45, 7) is -1.46. The summed E-state index contributed by atoms with van der Waals surface area (Å²) in [5.74, 6) is -1.61. The molecule has 0 radical (unpaired) electrons. The first kappa shape index (κ1) is 25.4. The third-order valence-electron chi connectivity index (χ3n) is 5.95. The van der Waals surface area contributed by atoms with Crippen molar-refractivity contribution in [3.8, 4) is 0 Å². The highest BCUT2D eigenvalue weighted by Gasteiger charge is 2.59. The Morgan fingerprint density at radius 3 is 2.77 bits per heavy atom. The summed E-state index contributed by atoms with van der Waals surface area (Å²) in [6, 6.07) is 3.47. The lowest BCUT2D eigenvalue weighted by Crippen LogP contribution is -2.63. The third-order valence-corrected chi connectivity index (χ3v) is 8.30. The molecule has 3 unspecified atom stereocenters. The van der Waals surface area contributed by atoms with Crippen LogP contribution in [0.15, 0.2) is 30.6 Å². The number of sulfonamides is 1. The zero-order chi connectivity index (χ0) is 25.4. The first-order valence-electron chi connectivity index (χ1n) is 10.4. The van der Waals surface area contributed by atoms with Crippen LogP contribution in [-0.2, 0) is 20.3 Å². The second kappa shape index (κ2) is 9.73. The van der Waals surface area contributed by atoms with Gasteiger partial charge >= 0.3 is 0 Å².